The molecule has 2 atom stereocenters. The van der Waals surface area contributed by atoms with Crippen LogP contribution in [0, 0.1) is 6.92 Å². The normalized spacial score (nSPS) is 21.7. The predicted octanol–water partition coefficient (Wildman–Crippen LogP) is 1.72. The zero-order chi connectivity index (χ0) is 15.4. The number of aryl methyl sites for hydroxylation is 2. The van der Waals surface area contributed by atoms with Gasteiger partial charge in [-0.15, -0.1) is 0 Å². The predicted molar refractivity (Wildman–Crippen MR) is 86.1 cm³/mol. The minimum absolute atomic E-state index is 0.195. The molecule has 0 saturated carbocycles. The summed E-state index contributed by atoms with van der Waals surface area (Å²) in [7, 11) is 1.99. The van der Waals surface area contributed by atoms with E-state index in [9.17, 15) is 0 Å². The van der Waals surface area contributed by atoms with Gasteiger partial charge in [-0.1, -0.05) is 18.5 Å². The van der Waals surface area contributed by atoms with Gasteiger partial charge in [-0.3, -0.25) is 9.58 Å². The third-order valence-corrected chi connectivity index (χ3v) is 4.80. The molecule has 120 valence electrons. The van der Waals surface area contributed by atoms with Crippen LogP contribution < -0.4 is 5.32 Å². The summed E-state index contributed by atoms with van der Waals surface area (Å²) in [6.07, 6.45) is 1.03. The van der Waals surface area contributed by atoms with E-state index in [2.05, 4.69) is 29.2 Å². The zero-order valence-corrected chi connectivity index (χ0v) is 14.3. The van der Waals surface area contributed by atoms with Gasteiger partial charge in [0.05, 0.1) is 29.1 Å². The first-order valence-corrected chi connectivity index (χ1v) is 8.21. The summed E-state index contributed by atoms with van der Waals surface area (Å²) in [6, 6.07) is 0.248. The van der Waals surface area contributed by atoms with Gasteiger partial charge in [0.25, 0.3) is 0 Å². The molecule has 1 saturated heterocycles. The molecule has 1 aromatic heterocycles. The summed E-state index contributed by atoms with van der Waals surface area (Å²) in [5, 5.41) is 8.69. The Morgan fingerprint density at radius 2 is 2.19 bits per heavy atom. The van der Waals surface area contributed by atoms with Crippen molar-refractivity contribution in [3.8, 4) is 0 Å². The van der Waals surface area contributed by atoms with Gasteiger partial charge in [0.1, 0.15) is 0 Å². The Balaban J connectivity index is 2.12. The van der Waals surface area contributed by atoms with Crippen LogP contribution >= 0.6 is 11.6 Å². The van der Waals surface area contributed by atoms with Crippen molar-refractivity contribution in [1.29, 1.82) is 0 Å². The summed E-state index contributed by atoms with van der Waals surface area (Å²) in [5.41, 5.74) is 2.01. The Labute approximate surface area is 132 Å². The van der Waals surface area contributed by atoms with Crippen molar-refractivity contribution in [3.05, 3.63) is 16.4 Å². The largest absolute Gasteiger partial charge is 0.374 e. The first kappa shape index (κ1) is 16.7. The molecule has 1 aliphatic heterocycles. The van der Waals surface area contributed by atoms with Crippen molar-refractivity contribution in [2.75, 3.05) is 33.3 Å². The Morgan fingerprint density at radius 3 is 2.81 bits per heavy atom. The van der Waals surface area contributed by atoms with Gasteiger partial charge >= 0.3 is 0 Å². The van der Waals surface area contributed by atoms with Crippen molar-refractivity contribution in [3.63, 3.8) is 0 Å². The average Bonchev–Trinajstić information content (AvgIpc) is 2.79. The number of hydrogen-bond donors (Lipinski definition) is 1. The molecule has 0 spiro atoms. The SMILES string of the molecule is CCN1CCOC(C(Cc2c(Cl)c(C)nn2CC)NC)C1. The van der Waals surface area contributed by atoms with Crippen molar-refractivity contribution < 1.29 is 4.74 Å². The van der Waals surface area contributed by atoms with Crippen LogP contribution in [0.4, 0.5) is 0 Å². The summed E-state index contributed by atoms with van der Waals surface area (Å²) in [6.45, 7) is 11.0. The third-order valence-electron chi connectivity index (χ3n) is 4.31. The Bertz CT molecular complexity index is 463. The van der Waals surface area contributed by atoms with E-state index in [4.69, 9.17) is 16.3 Å². The van der Waals surface area contributed by atoms with Crippen molar-refractivity contribution in [1.82, 2.24) is 20.0 Å². The quantitative estimate of drug-likeness (QED) is 0.868. The van der Waals surface area contributed by atoms with Crippen LogP contribution in [-0.4, -0.2) is 60.1 Å². The molecule has 1 fully saturated rings. The molecule has 1 aromatic rings. The Hall–Kier alpha value is -0.620. The van der Waals surface area contributed by atoms with Crippen LogP contribution in [0.2, 0.25) is 5.02 Å². The lowest BCUT2D eigenvalue weighted by atomic mass is 10.0. The van der Waals surface area contributed by atoms with E-state index in [0.29, 0.717) is 0 Å². The molecular formula is C15H27ClN4O. The van der Waals surface area contributed by atoms with Crippen molar-refractivity contribution in [2.24, 2.45) is 0 Å². The monoisotopic (exact) mass is 314 g/mol. The summed E-state index contributed by atoms with van der Waals surface area (Å²) < 4.78 is 7.98. The number of aromatic nitrogens is 2. The maximum atomic E-state index is 6.43. The van der Waals surface area contributed by atoms with Crippen LogP contribution in [0.3, 0.4) is 0 Å². The van der Waals surface area contributed by atoms with Crippen LogP contribution in [-0.2, 0) is 17.7 Å². The Morgan fingerprint density at radius 1 is 1.43 bits per heavy atom. The van der Waals surface area contributed by atoms with E-state index < -0.39 is 0 Å². The maximum absolute atomic E-state index is 6.43. The highest BCUT2D eigenvalue weighted by molar-refractivity contribution is 6.31. The van der Waals surface area contributed by atoms with Gasteiger partial charge in [0.2, 0.25) is 0 Å². The minimum Gasteiger partial charge on any atom is -0.374 e. The van der Waals surface area contributed by atoms with E-state index in [1.165, 1.54) is 0 Å². The van der Waals surface area contributed by atoms with Crippen molar-refractivity contribution >= 4 is 11.6 Å². The molecule has 21 heavy (non-hydrogen) atoms. The molecule has 0 aromatic carbocycles. The molecule has 0 radical (unpaired) electrons. The number of ether oxygens (including phenoxy) is 1. The molecule has 2 heterocycles. The minimum atomic E-state index is 0.195. The number of likely N-dealkylation sites (N-methyl/N-ethyl adjacent to an activating group) is 2. The molecule has 0 aliphatic carbocycles. The molecular weight excluding hydrogens is 288 g/mol. The van der Waals surface area contributed by atoms with Gasteiger partial charge in [-0.05, 0) is 27.4 Å². The highest BCUT2D eigenvalue weighted by Crippen LogP contribution is 2.23. The first-order valence-electron chi connectivity index (χ1n) is 7.83. The number of rotatable bonds is 6. The number of nitrogens with one attached hydrogen (secondary N) is 1. The third kappa shape index (κ3) is 3.77. The second-order valence-electron chi connectivity index (χ2n) is 5.56. The molecule has 6 heteroatoms. The lowest BCUT2D eigenvalue weighted by Gasteiger charge is -2.36. The summed E-state index contributed by atoms with van der Waals surface area (Å²) in [5.74, 6) is 0. The molecule has 0 amide bonds. The molecule has 2 unspecified atom stereocenters. The van der Waals surface area contributed by atoms with E-state index >= 15 is 0 Å². The van der Waals surface area contributed by atoms with E-state index in [0.717, 1.165) is 55.6 Å². The zero-order valence-electron chi connectivity index (χ0n) is 13.5. The van der Waals surface area contributed by atoms with E-state index in [-0.39, 0.29) is 12.1 Å². The fraction of sp³-hybridized carbons (Fsp3) is 0.800. The highest BCUT2D eigenvalue weighted by atomic mass is 35.5. The van der Waals surface area contributed by atoms with Crippen LogP contribution in [0.25, 0.3) is 0 Å². The number of halogens is 1. The second-order valence-corrected chi connectivity index (χ2v) is 5.94. The molecule has 2 rings (SSSR count). The highest BCUT2D eigenvalue weighted by Gasteiger charge is 2.28. The first-order chi connectivity index (χ1) is 10.1. The smallest absolute Gasteiger partial charge is 0.0858 e. The second kappa shape index (κ2) is 7.58. The average molecular weight is 315 g/mol. The fourth-order valence-electron chi connectivity index (χ4n) is 2.95. The number of hydrogen-bond acceptors (Lipinski definition) is 4. The van der Waals surface area contributed by atoms with E-state index in [1.807, 2.05) is 18.7 Å². The van der Waals surface area contributed by atoms with Crippen LogP contribution in [0.5, 0.6) is 0 Å². The van der Waals surface area contributed by atoms with Gasteiger partial charge in [0.15, 0.2) is 0 Å². The maximum Gasteiger partial charge on any atom is 0.0858 e. The van der Waals surface area contributed by atoms with Crippen LogP contribution in [0.15, 0.2) is 0 Å². The standard InChI is InChI=1S/C15H27ClN4O/c1-5-19-7-8-21-14(10-19)12(17-4)9-13-15(16)11(3)18-20(13)6-2/h12,14,17H,5-10H2,1-4H3. The lowest BCUT2D eigenvalue weighted by molar-refractivity contribution is -0.0438. The number of nitrogens with zero attached hydrogens (tertiary/aromatic N) is 3. The molecule has 1 aliphatic rings. The molecule has 0 bridgehead atoms. The van der Waals surface area contributed by atoms with Crippen molar-refractivity contribution in [2.45, 2.75) is 45.9 Å². The van der Waals surface area contributed by atoms with Crippen LogP contribution in [0.1, 0.15) is 25.2 Å². The summed E-state index contributed by atoms with van der Waals surface area (Å²) in [4.78, 5) is 2.43. The van der Waals surface area contributed by atoms with Gasteiger partial charge in [-0.25, -0.2) is 0 Å². The molecule has 1 N–H and O–H groups in total. The Kier molecular flexibility index (Phi) is 6.05. The van der Waals surface area contributed by atoms with E-state index in [1.54, 1.807) is 0 Å². The van der Waals surface area contributed by atoms with Gasteiger partial charge in [-0.2, -0.15) is 5.10 Å². The lowest BCUT2D eigenvalue weighted by Crippen LogP contribution is -2.52. The topological polar surface area (TPSA) is 42.3 Å². The fourth-order valence-corrected chi connectivity index (χ4v) is 3.17. The van der Waals surface area contributed by atoms with Gasteiger partial charge < -0.3 is 10.1 Å². The molecule has 5 nitrogen and oxygen atoms in total. The number of morpholine rings is 1. The summed E-state index contributed by atoms with van der Waals surface area (Å²) >= 11 is 6.43. The van der Waals surface area contributed by atoms with Gasteiger partial charge in [0, 0.05) is 32.1 Å².